The Kier molecular flexibility index (Phi) is 2.94. The second-order valence-corrected chi connectivity index (χ2v) is 7.10. The Hall–Kier alpha value is -3.30. The average Bonchev–Trinajstić information content (AvgIpc) is 3.25. The van der Waals surface area contributed by atoms with Gasteiger partial charge in [0.2, 0.25) is 0 Å². The predicted octanol–water partition coefficient (Wildman–Crippen LogP) is 6.94. The Bertz CT molecular complexity index is 1480. The summed E-state index contributed by atoms with van der Waals surface area (Å²) < 4.78 is 6.41. The molecule has 0 saturated heterocycles. The summed E-state index contributed by atoms with van der Waals surface area (Å²) in [6, 6.07) is 24.1. The second-order valence-electron chi connectivity index (χ2n) is 6.67. The van der Waals surface area contributed by atoms with Gasteiger partial charge in [0.25, 0.3) is 0 Å². The first-order valence-electron chi connectivity index (χ1n) is 8.77. The van der Waals surface area contributed by atoms with E-state index in [-0.39, 0.29) is 0 Å². The summed E-state index contributed by atoms with van der Waals surface area (Å²) in [4.78, 5) is 8.50. The summed E-state index contributed by atoms with van der Waals surface area (Å²) in [5.41, 5.74) is 6.59. The van der Waals surface area contributed by atoms with Gasteiger partial charge in [-0.25, -0.2) is 4.98 Å². The first-order valence-corrected chi connectivity index (χ1v) is 9.15. The van der Waals surface area contributed by atoms with Crippen molar-refractivity contribution in [2.75, 3.05) is 0 Å². The molecule has 1 N–H and O–H groups in total. The maximum Gasteiger partial charge on any atom is 0.161 e. The van der Waals surface area contributed by atoms with Crippen LogP contribution in [0.5, 0.6) is 0 Å². The van der Waals surface area contributed by atoms with Crippen LogP contribution in [0.4, 0.5) is 0 Å². The van der Waals surface area contributed by atoms with Gasteiger partial charge in [-0.3, -0.25) is 0 Å². The van der Waals surface area contributed by atoms with E-state index in [4.69, 9.17) is 21.0 Å². The van der Waals surface area contributed by atoms with Gasteiger partial charge in [0, 0.05) is 26.9 Å². The molecule has 0 aliphatic rings. The highest BCUT2D eigenvalue weighted by Gasteiger charge is 2.20. The summed E-state index contributed by atoms with van der Waals surface area (Å²) in [6.07, 6.45) is 0. The van der Waals surface area contributed by atoms with Crippen molar-refractivity contribution in [3.8, 4) is 11.3 Å². The lowest BCUT2D eigenvalue weighted by Crippen LogP contribution is -1.88. The van der Waals surface area contributed by atoms with E-state index in [0.717, 1.165) is 55.1 Å². The van der Waals surface area contributed by atoms with Gasteiger partial charge in [0.15, 0.2) is 5.58 Å². The molecule has 3 nitrogen and oxygen atoms in total. The Morgan fingerprint density at radius 3 is 2.37 bits per heavy atom. The molecule has 3 aromatic carbocycles. The van der Waals surface area contributed by atoms with E-state index >= 15 is 0 Å². The second kappa shape index (κ2) is 5.35. The van der Waals surface area contributed by atoms with Crippen LogP contribution in [-0.4, -0.2) is 9.97 Å². The van der Waals surface area contributed by atoms with Crippen LogP contribution >= 0.6 is 11.6 Å². The molecule has 0 atom stereocenters. The number of furan rings is 1. The Labute approximate surface area is 159 Å². The molecule has 3 aromatic heterocycles. The number of benzene rings is 3. The van der Waals surface area contributed by atoms with E-state index < -0.39 is 0 Å². The standard InChI is InChI=1S/C23H13ClN2O/c24-14-11-9-13(10-12-14)20-19-21-23(16-6-2-4-8-18(16)26-21)27-22(19)15-5-1-3-7-17(15)25-20/h1-12,26H. The van der Waals surface area contributed by atoms with Crippen LogP contribution in [0, 0.1) is 0 Å². The highest BCUT2D eigenvalue weighted by atomic mass is 35.5. The van der Waals surface area contributed by atoms with Crippen LogP contribution in [0.1, 0.15) is 0 Å². The first-order chi connectivity index (χ1) is 13.3. The van der Waals surface area contributed by atoms with Crippen molar-refractivity contribution in [2.24, 2.45) is 0 Å². The molecular weight excluding hydrogens is 356 g/mol. The molecule has 0 fully saturated rings. The summed E-state index contributed by atoms with van der Waals surface area (Å²) in [7, 11) is 0. The molecule has 3 heterocycles. The maximum absolute atomic E-state index is 6.41. The van der Waals surface area contributed by atoms with Crippen molar-refractivity contribution in [1.82, 2.24) is 9.97 Å². The molecular formula is C23H13ClN2O. The molecule has 0 amide bonds. The number of hydrogen-bond donors (Lipinski definition) is 1. The monoisotopic (exact) mass is 368 g/mol. The van der Waals surface area contributed by atoms with Crippen molar-refractivity contribution < 1.29 is 4.42 Å². The number of aromatic amines is 1. The summed E-state index contributed by atoms with van der Waals surface area (Å²) in [6.45, 7) is 0. The van der Waals surface area contributed by atoms with Crippen LogP contribution in [0.3, 0.4) is 0 Å². The number of hydrogen-bond acceptors (Lipinski definition) is 2. The Morgan fingerprint density at radius 1 is 0.778 bits per heavy atom. The number of para-hydroxylation sites is 2. The number of aromatic nitrogens is 2. The smallest absolute Gasteiger partial charge is 0.161 e. The van der Waals surface area contributed by atoms with Crippen molar-refractivity contribution in [2.45, 2.75) is 0 Å². The molecule has 0 saturated carbocycles. The van der Waals surface area contributed by atoms with E-state index in [9.17, 15) is 0 Å². The third-order valence-electron chi connectivity index (χ3n) is 5.08. The number of pyridine rings is 1. The number of halogens is 1. The molecule has 128 valence electrons. The van der Waals surface area contributed by atoms with E-state index in [1.54, 1.807) is 0 Å². The molecule has 0 radical (unpaired) electrons. The normalized spacial score (nSPS) is 11.9. The van der Waals surface area contributed by atoms with Gasteiger partial charge in [-0.05, 0) is 36.4 Å². The summed E-state index contributed by atoms with van der Waals surface area (Å²) >= 11 is 6.09. The molecule has 0 unspecified atom stereocenters. The fourth-order valence-corrected chi connectivity index (χ4v) is 3.96. The number of nitrogens with one attached hydrogen (secondary N) is 1. The van der Waals surface area contributed by atoms with E-state index in [1.165, 1.54) is 0 Å². The van der Waals surface area contributed by atoms with Gasteiger partial charge in [-0.1, -0.05) is 48.0 Å². The third-order valence-corrected chi connectivity index (χ3v) is 5.33. The van der Waals surface area contributed by atoms with Gasteiger partial charge < -0.3 is 9.40 Å². The largest absolute Gasteiger partial charge is 0.453 e. The van der Waals surface area contributed by atoms with E-state index in [1.807, 2.05) is 54.6 Å². The average molecular weight is 369 g/mol. The van der Waals surface area contributed by atoms with Crippen LogP contribution in [-0.2, 0) is 0 Å². The van der Waals surface area contributed by atoms with Gasteiger partial charge in [-0.15, -0.1) is 0 Å². The fourth-order valence-electron chi connectivity index (χ4n) is 3.84. The number of nitrogens with zero attached hydrogens (tertiary/aromatic N) is 1. The lowest BCUT2D eigenvalue weighted by molar-refractivity contribution is 0.676. The summed E-state index contributed by atoms with van der Waals surface area (Å²) in [5.74, 6) is 0. The lowest BCUT2D eigenvalue weighted by Gasteiger charge is -2.06. The predicted molar refractivity (Wildman–Crippen MR) is 111 cm³/mol. The number of fused-ring (bicyclic) bond motifs is 7. The highest BCUT2D eigenvalue weighted by molar-refractivity contribution is 6.30. The minimum absolute atomic E-state index is 0.707. The topological polar surface area (TPSA) is 41.8 Å². The molecule has 27 heavy (non-hydrogen) atoms. The van der Waals surface area contributed by atoms with E-state index in [2.05, 4.69) is 23.2 Å². The minimum atomic E-state index is 0.707. The SMILES string of the molecule is Clc1ccc(-c2nc3ccccc3c3oc4c5ccccc5[nH]c4c23)cc1. The molecule has 6 rings (SSSR count). The highest BCUT2D eigenvalue weighted by Crippen LogP contribution is 2.41. The zero-order valence-corrected chi connectivity index (χ0v) is 14.9. The van der Waals surface area contributed by atoms with Crippen LogP contribution in [0.2, 0.25) is 5.02 Å². The Balaban J connectivity index is 1.85. The molecule has 6 aromatic rings. The molecule has 4 heteroatoms. The van der Waals surface area contributed by atoms with Gasteiger partial charge in [0.05, 0.1) is 22.1 Å². The third kappa shape index (κ3) is 2.06. The zero-order valence-electron chi connectivity index (χ0n) is 14.2. The van der Waals surface area contributed by atoms with Crippen LogP contribution < -0.4 is 0 Å². The zero-order chi connectivity index (χ0) is 18.0. The molecule has 0 aliphatic heterocycles. The molecule has 0 spiro atoms. The molecule has 0 aliphatic carbocycles. The minimum Gasteiger partial charge on any atom is -0.453 e. The van der Waals surface area contributed by atoms with E-state index in [0.29, 0.717) is 5.02 Å². The van der Waals surface area contributed by atoms with Gasteiger partial charge in [0.1, 0.15) is 5.58 Å². The lowest BCUT2D eigenvalue weighted by atomic mass is 10.0. The van der Waals surface area contributed by atoms with Crippen LogP contribution in [0.15, 0.2) is 77.2 Å². The summed E-state index contributed by atoms with van der Waals surface area (Å²) in [5, 5.41) is 3.80. The van der Waals surface area contributed by atoms with Crippen LogP contribution in [0.25, 0.3) is 55.1 Å². The maximum atomic E-state index is 6.41. The van der Waals surface area contributed by atoms with Crippen molar-refractivity contribution in [3.63, 3.8) is 0 Å². The van der Waals surface area contributed by atoms with Gasteiger partial charge in [-0.2, -0.15) is 0 Å². The Morgan fingerprint density at radius 2 is 1.52 bits per heavy atom. The van der Waals surface area contributed by atoms with Crippen molar-refractivity contribution in [3.05, 3.63) is 77.8 Å². The first kappa shape index (κ1) is 14.8. The van der Waals surface area contributed by atoms with Crippen molar-refractivity contribution >= 4 is 55.5 Å². The quantitative estimate of drug-likeness (QED) is 0.341. The fraction of sp³-hybridized carbons (Fsp3) is 0. The van der Waals surface area contributed by atoms with Crippen molar-refractivity contribution in [1.29, 1.82) is 0 Å². The molecule has 0 bridgehead atoms. The number of rotatable bonds is 1. The van der Waals surface area contributed by atoms with Gasteiger partial charge >= 0.3 is 0 Å². The number of H-pyrrole nitrogens is 1.